The van der Waals surface area contributed by atoms with Gasteiger partial charge in [-0.2, -0.15) is 0 Å². The quantitative estimate of drug-likeness (QED) is 0.472. The number of nitrogens with one attached hydrogen (secondary N) is 1. The van der Waals surface area contributed by atoms with Crippen LogP contribution in [-0.2, 0) is 18.2 Å². The molecule has 1 aliphatic rings. The molecule has 0 heterocycles. The fourth-order valence-electron chi connectivity index (χ4n) is 6.09. The van der Waals surface area contributed by atoms with Crippen LogP contribution in [0.25, 0.3) is 6.08 Å². The van der Waals surface area contributed by atoms with Crippen molar-refractivity contribution in [3.05, 3.63) is 102 Å². The van der Waals surface area contributed by atoms with Crippen LogP contribution in [0.15, 0.2) is 91.0 Å². The molecule has 0 saturated carbocycles. The van der Waals surface area contributed by atoms with Crippen LogP contribution in [-0.4, -0.2) is 11.5 Å². The molecule has 0 aromatic heterocycles. The number of fused-ring (bicyclic) bond motifs is 1. The fourth-order valence-corrected chi connectivity index (χ4v) is 47.8. The van der Waals surface area contributed by atoms with Gasteiger partial charge in [-0.1, -0.05) is 0 Å². The summed E-state index contributed by atoms with van der Waals surface area (Å²) in [5.41, 5.74) is 2.91. The summed E-state index contributed by atoms with van der Waals surface area (Å²) in [6.45, 7) is 12.3. The second-order valence-electron chi connectivity index (χ2n) is 10.1. The topological polar surface area (TPSA) is 12.0 Å². The molecule has 0 spiro atoms. The Bertz CT molecular complexity index is 1010. The zero-order valence-electron chi connectivity index (χ0n) is 18.9. The normalized spacial score (nSPS) is 17.5. The third-order valence-electron chi connectivity index (χ3n) is 7.08. The van der Waals surface area contributed by atoms with Crippen molar-refractivity contribution in [1.29, 1.82) is 0 Å². The zero-order valence-corrected chi connectivity index (χ0v) is 22.5. The Morgan fingerprint density at radius 2 is 1.23 bits per heavy atom. The van der Waals surface area contributed by atoms with Crippen molar-refractivity contribution in [3.8, 4) is 0 Å². The van der Waals surface area contributed by atoms with Gasteiger partial charge in [0.05, 0.1) is 0 Å². The van der Waals surface area contributed by atoms with E-state index in [0.29, 0.717) is 3.63 Å². The average molecular weight is 492 g/mol. The standard InChI is InChI=1S/C9H7.2C6H5.C4H10N.C2H7Si.Zr/c1-2-5-9-7-3-6-8(9)4-1;2*1-2-4-6-5-3-1;1-4(2,3)5;1-3-2;/h1-7H;2*1-5H;5H,1-3H3;3H,1-2H3;/q;;;-1;;+1. The van der Waals surface area contributed by atoms with Crippen LogP contribution in [0.1, 0.15) is 35.5 Å². The van der Waals surface area contributed by atoms with E-state index in [0.717, 1.165) is 0 Å². The molecule has 3 aromatic carbocycles. The van der Waals surface area contributed by atoms with E-state index in [1.807, 2.05) is 0 Å². The second kappa shape index (κ2) is 7.86. The van der Waals surface area contributed by atoms with E-state index in [4.69, 9.17) is 0 Å². The first-order valence-corrected chi connectivity index (χ1v) is 23.4. The van der Waals surface area contributed by atoms with Crippen LogP contribution >= 0.6 is 0 Å². The van der Waals surface area contributed by atoms with Crippen molar-refractivity contribution in [2.75, 3.05) is 0 Å². The maximum atomic E-state index is 4.52. The molecule has 155 valence electrons. The number of benzene rings is 3. The molecule has 4 rings (SSSR count). The van der Waals surface area contributed by atoms with Crippen molar-refractivity contribution >= 4 is 18.5 Å². The van der Waals surface area contributed by atoms with Crippen LogP contribution < -0.4 is 9.80 Å². The molecular weight excluding hydrogens is 458 g/mol. The minimum atomic E-state index is -4.14. The van der Waals surface area contributed by atoms with Gasteiger partial charge < -0.3 is 0 Å². The maximum absolute atomic E-state index is 4.52. The van der Waals surface area contributed by atoms with Crippen molar-refractivity contribution in [1.82, 2.24) is 3.26 Å². The summed E-state index contributed by atoms with van der Waals surface area (Å²) in [7, 11) is 0. The third-order valence-corrected chi connectivity index (χ3v) is 49.4. The van der Waals surface area contributed by atoms with Gasteiger partial charge in [0, 0.05) is 0 Å². The van der Waals surface area contributed by atoms with Gasteiger partial charge in [-0.05, 0) is 0 Å². The predicted molar refractivity (Wildman–Crippen MR) is 132 cm³/mol. The van der Waals surface area contributed by atoms with Gasteiger partial charge >= 0.3 is 185 Å². The molecule has 1 unspecified atom stereocenters. The SMILES string of the molecule is C[SiH](C)[Zr]([NH]C(C)(C)C)([c]1ccccc1)([c]1ccccc1)[CH]1C=Cc2ccccc21. The first-order chi connectivity index (χ1) is 14.3. The first-order valence-electron chi connectivity index (χ1n) is 11.1. The van der Waals surface area contributed by atoms with E-state index in [9.17, 15) is 0 Å². The number of hydrogen-bond acceptors (Lipinski definition) is 1. The summed E-state index contributed by atoms with van der Waals surface area (Å²) in [5.74, 6) is -1.27. The molecular formula is C27H34NSiZr. The minimum absolute atomic E-state index is 0.0135. The van der Waals surface area contributed by atoms with Gasteiger partial charge in [0.2, 0.25) is 0 Å². The van der Waals surface area contributed by atoms with Crippen molar-refractivity contribution in [3.63, 3.8) is 0 Å². The average Bonchev–Trinajstić information content (AvgIpc) is 3.17. The molecule has 0 amide bonds. The summed E-state index contributed by atoms with van der Waals surface area (Å²) in [4.78, 5) is 0. The van der Waals surface area contributed by atoms with E-state index < -0.39 is 24.2 Å². The molecule has 30 heavy (non-hydrogen) atoms. The first kappa shape index (κ1) is 21.7. The summed E-state index contributed by atoms with van der Waals surface area (Å²) in [5, 5.41) is 0. The zero-order chi connectivity index (χ0) is 21.4. The summed E-state index contributed by atoms with van der Waals surface area (Å²) < 4.78 is 8.10. The molecule has 0 saturated heterocycles. The number of allylic oxidation sites excluding steroid dienone is 1. The van der Waals surface area contributed by atoms with Gasteiger partial charge in [0.25, 0.3) is 0 Å². The van der Waals surface area contributed by atoms with Crippen LogP contribution in [0.2, 0.25) is 13.1 Å². The van der Waals surface area contributed by atoms with Gasteiger partial charge in [-0.15, -0.1) is 0 Å². The molecule has 0 aliphatic heterocycles. The van der Waals surface area contributed by atoms with Crippen LogP contribution in [0.5, 0.6) is 0 Å². The fraction of sp³-hybridized carbons (Fsp3) is 0.259. The molecule has 3 aromatic rings. The summed E-state index contributed by atoms with van der Waals surface area (Å²) in [6.07, 6.45) is 4.92. The van der Waals surface area contributed by atoms with Gasteiger partial charge in [-0.3, -0.25) is 0 Å². The Hall–Kier alpha value is -1.54. The molecule has 1 nitrogen and oxygen atoms in total. The Labute approximate surface area is 184 Å². The molecule has 3 heteroatoms. The van der Waals surface area contributed by atoms with Crippen molar-refractivity contribution in [2.45, 2.75) is 43.0 Å². The molecule has 0 fully saturated rings. The van der Waals surface area contributed by atoms with E-state index in [-0.39, 0.29) is 5.54 Å². The third kappa shape index (κ3) is 3.18. The van der Waals surface area contributed by atoms with Crippen molar-refractivity contribution in [2.24, 2.45) is 0 Å². The monoisotopic (exact) mass is 490 g/mol. The predicted octanol–water partition coefficient (Wildman–Crippen LogP) is 5.38. The van der Waals surface area contributed by atoms with Gasteiger partial charge in [-0.25, -0.2) is 0 Å². The Morgan fingerprint density at radius 1 is 0.733 bits per heavy atom. The summed E-state index contributed by atoms with van der Waals surface area (Å²) in [6, 6.07) is 32.1. The Morgan fingerprint density at radius 3 is 1.73 bits per heavy atom. The van der Waals surface area contributed by atoms with E-state index in [1.54, 1.807) is 6.54 Å². The van der Waals surface area contributed by atoms with Crippen LogP contribution in [0.4, 0.5) is 0 Å². The van der Waals surface area contributed by atoms with Crippen molar-refractivity contribution < 1.29 is 18.2 Å². The molecule has 1 aliphatic carbocycles. The van der Waals surface area contributed by atoms with Gasteiger partial charge in [0.15, 0.2) is 0 Å². The molecule has 1 N–H and O–H groups in total. The van der Waals surface area contributed by atoms with Crippen LogP contribution in [0.3, 0.4) is 0 Å². The van der Waals surface area contributed by atoms with Crippen LogP contribution in [0, 0.1) is 0 Å². The number of hydrogen-bond donors (Lipinski definition) is 1. The van der Waals surface area contributed by atoms with E-state index >= 15 is 0 Å². The molecule has 0 bridgehead atoms. The molecule has 1 atom stereocenters. The Balaban J connectivity index is 2.20. The summed E-state index contributed by atoms with van der Waals surface area (Å²) >= 11 is -4.14. The van der Waals surface area contributed by atoms with Gasteiger partial charge in [0.1, 0.15) is 0 Å². The molecule has 0 radical (unpaired) electrons. The Kier molecular flexibility index (Phi) is 5.68. The van der Waals surface area contributed by atoms with E-state index in [1.165, 1.54) is 11.1 Å². The number of rotatable bonds is 5. The second-order valence-corrected chi connectivity index (χ2v) is 40.0. The van der Waals surface area contributed by atoms with E-state index in [2.05, 4.69) is 134 Å².